The predicted molar refractivity (Wildman–Crippen MR) is 73.8 cm³/mol. The van der Waals surface area contributed by atoms with Crippen molar-refractivity contribution in [1.29, 1.82) is 0 Å². The first-order valence-electron chi connectivity index (χ1n) is 6.92. The highest BCUT2D eigenvalue weighted by atomic mass is 16.2. The maximum atomic E-state index is 12.1. The summed E-state index contributed by atoms with van der Waals surface area (Å²) >= 11 is 0. The Morgan fingerprint density at radius 1 is 1.06 bits per heavy atom. The molecule has 0 saturated carbocycles. The topological polar surface area (TPSA) is 46.3 Å². The van der Waals surface area contributed by atoms with Gasteiger partial charge in [-0.1, -0.05) is 34.6 Å². The van der Waals surface area contributed by atoms with Gasteiger partial charge in [-0.25, -0.2) is 0 Å². The summed E-state index contributed by atoms with van der Waals surface area (Å²) < 4.78 is 0. The Balaban J connectivity index is 4.32. The standard InChI is InChI=1S/C14H30N2O/c1-6-13(15)14(17)16(9-7-11(2)3)10-8-12(4)5/h11-13H,6-10,15H2,1-5H3. The Morgan fingerprint density at radius 3 is 1.76 bits per heavy atom. The fourth-order valence-corrected chi connectivity index (χ4v) is 1.57. The first-order valence-corrected chi connectivity index (χ1v) is 6.92. The fourth-order valence-electron chi connectivity index (χ4n) is 1.57. The molecule has 17 heavy (non-hydrogen) atoms. The van der Waals surface area contributed by atoms with E-state index in [1.54, 1.807) is 0 Å². The smallest absolute Gasteiger partial charge is 0.239 e. The minimum atomic E-state index is -0.325. The van der Waals surface area contributed by atoms with Crippen LogP contribution in [0, 0.1) is 11.8 Å². The summed E-state index contributed by atoms with van der Waals surface area (Å²) in [7, 11) is 0. The first-order chi connectivity index (χ1) is 7.88. The van der Waals surface area contributed by atoms with E-state index in [0.29, 0.717) is 11.8 Å². The molecule has 0 aromatic rings. The summed E-state index contributed by atoms with van der Waals surface area (Å²) in [5.41, 5.74) is 5.84. The van der Waals surface area contributed by atoms with Gasteiger partial charge in [-0.15, -0.1) is 0 Å². The molecule has 0 fully saturated rings. The SMILES string of the molecule is CCC(N)C(=O)N(CCC(C)C)CCC(C)C. The van der Waals surface area contributed by atoms with Gasteiger partial charge in [0.2, 0.25) is 5.91 Å². The second kappa shape index (κ2) is 8.51. The molecule has 2 N–H and O–H groups in total. The van der Waals surface area contributed by atoms with Crippen LogP contribution in [0.5, 0.6) is 0 Å². The van der Waals surface area contributed by atoms with E-state index in [1.807, 2.05) is 11.8 Å². The zero-order chi connectivity index (χ0) is 13.4. The molecular formula is C14H30N2O. The number of carbonyl (C=O) groups excluding carboxylic acids is 1. The first kappa shape index (κ1) is 16.4. The van der Waals surface area contributed by atoms with Crippen LogP contribution in [0.2, 0.25) is 0 Å². The summed E-state index contributed by atoms with van der Waals surface area (Å²) in [5.74, 6) is 1.37. The number of hydrogen-bond acceptors (Lipinski definition) is 2. The molecule has 3 nitrogen and oxygen atoms in total. The van der Waals surface area contributed by atoms with Crippen molar-refractivity contribution < 1.29 is 4.79 Å². The Hall–Kier alpha value is -0.570. The molecule has 102 valence electrons. The third kappa shape index (κ3) is 7.37. The van der Waals surface area contributed by atoms with Crippen molar-refractivity contribution in [1.82, 2.24) is 4.90 Å². The quantitative estimate of drug-likeness (QED) is 0.711. The van der Waals surface area contributed by atoms with Gasteiger partial charge in [0, 0.05) is 13.1 Å². The summed E-state index contributed by atoms with van der Waals surface area (Å²) in [6, 6.07) is -0.325. The highest BCUT2D eigenvalue weighted by molar-refractivity contribution is 5.81. The second-order valence-electron chi connectivity index (χ2n) is 5.71. The molecule has 3 heteroatoms. The van der Waals surface area contributed by atoms with Gasteiger partial charge >= 0.3 is 0 Å². The van der Waals surface area contributed by atoms with E-state index >= 15 is 0 Å². The van der Waals surface area contributed by atoms with E-state index in [4.69, 9.17) is 5.73 Å². The van der Waals surface area contributed by atoms with Crippen molar-refractivity contribution in [2.45, 2.75) is 59.9 Å². The highest BCUT2D eigenvalue weighted by Gasteiger charge is 2.19. The molecule has 1 unspecified atom stereocenters. The van der Waals surface area contributed by atoms with Crippen molar-refractivity contribution in [2.75, 3.05) is 13.1 Å². The number of amides is 1. The van der Waals surface area contributed by atoms with E-state index in [2.05, 4.69) is 27.7 Å². The molecule has 0 saturated heterocycles. The monoisotopic (exact) mass is 242 g/mol. The van der Waals surface area contributed by atoms with Crippen LogP contribution >= 0.6 is 0 Å². The average molecular weight is 242 g/mol. The normalized spacial score (nSPS) is 13.2. The van der Waals surface area contributed by atoms with Crippen LogP contribution in [0.1, 0.15) is 53.9 Å². The third-order valence-corrected chi connectivity index (χ3v) is 3.02. The van der Waals surface area contributed by atoms with E-state index in [-0.39, 0.29) is 11.9 Å². The maximum Gasteiger partial charge on any atom is 0.239 e. The van der Waals surface area contributed by atoms with Crippen LogP contribution in [-0.4, -0.2) is 29.9 Å². The average Bonchev–Trinajstić information content (AvgIpc) is 2.26. The van der Waals surface area contributed by atoms with Gasteiger partial charge in [0.1, 0.15) is 0 Å². The molecule has 0 aliphatic rings. The van der Waals surface area contributed by atoms with Crippen molar-refractivity contribution in [3.63, 3.8) is 0 Å². The molecule has 0 aliphatic carbocycles. The lowest BCUT2D eigenvalue weighted by Gasteiger charge is -2.26. The van der Waals surface area contributed by atoms with Crippen LogP contribution in [0.15, 0.2) is 0 Å². The fraction of sp³-hybridized carbons (Fsp3) is 0.929. The number of carbonyl (C=O) groups is 1. The molecule has 0 heterocycles. The molecule has 1 atom stereocenters. The van der Waals surface area contributed by atoms with Crippen molar-refractivity contribution >= 4 is 5.91 Å². The number of nitrogens with zero attached hydrogens (tertiary/aromatic N) is 1. The number of nitrogens with two attached hydrogens (primary N) is 1. The van der Waals surface area contributed by atoms with E-state index < -0.39 is 0 Å². The van der Waals surface area contributed by atoms with Crippen LogP contribution in [0.4, 0.5) is 0 Å². The zero-order valence-electron chi connectivity index (χ0n) is 12.2. The van der Waals surface area contributed by atoms with E-state index in [1.165, 1.54) is 0 Å². The zero-order valence-corrected chi connectivity index (χ0v) is 12.2. The second-order valence-corrected chi connectivity index (χ2v) is 5.71. The summed E-state index contributed by atoms with van der Waals surface area (Å²) in [4.78, 5) is 14.1. The van der Waals surface area contributed by atoms with Gasteiger partial charge in [-0.2, -0.15) is 0 Å². The lowest BCUT2D eigenvalue weighted by atomic mass is 10.1. The Labute approximate surface area is 107 Å². The van der Waals surface area contributed by atoms with Crippen LogP contribution in [0.3, 0.4) is 0 Å². The van der Waals surface area contributed by atoms with Gasteiger partial charge in [0.15, 0.2) is 0 Å². The van der Waals surface area contributed by atoms with Gasteiger partial charge in [-0.3, -0.25) is 4.79 Å². The van der Waals surface area contributed by atoms with Gasteiger partial charge in [-0.05, 0) is 31.1 Å². The Bertz CT molecular complexity index is 202. The van der Waals surface area contributed by atoms with Crippen LogP contribution in [0.25, 0.3) is 0 Å². The third-order valence-electron chi connectivity index (χ3n) is 3.02. The van der Waals surface area contributed by atoms with Gasteiger partial charge in [0.25, 0.3) is 0 Å². The lowest BCUT2D eigenvalue weighted by molar-refractivity contribution is -0.133. The molecule has 0 aliphatic heterocycles. The predicted octanol–water partition coefficient (Wildman–Crippen LogP) is 2.64. The number of rotatable bonds is 8. The van der Waals surface area contributed by atoms with Gasteiger partial charge < -0.3 is 10.6 Å². The molecule has 0 aromatic heterocycles. The van der Waals surface area contributed by atoms with E-state index in [9.17, 15) is 4.79 Å². The maximum absolute atomic E-state index is 12.1. The highest BCUT2D eigenvalue weighted by Crippen LogP contribution is 2.08. The molecule has 0 bridgehead atoms. The largest absolute Gasteiger partial charge is 0.341 e. The minimum Gasteiger partial charge on any atom is -0.341 e. The van der Waals surface area contributed by atoms with Gasteiger partial charge in [0.05, 0.1) is 6.04 Å². The molecule has 0 aromatic carbocycles. The summed E-state index contributed by atoms with van der Waals surface area (Å²) in [6.07, 6.45) is 2.83. The lowest BCUT2D eigenvalue weighted by Crippen LogP contribution is -2.44. The molecular weight excluding hydrogens is 212 g/mol. The summed E-state index contributed by atoms with van der Waals surface area (Å²) in [5, 5.41) is 0. The molecule has 0 spiro atoms. The van der Waals surface area contributed by atoms with Crippen molar-refractivity contribution in [3.8, 4) is 0 Å². The molecule has 0 radical (unpaired) electrons. The van der Waals surface area contributed by atoms with Crippen molar-refractivity contribution in [2.24, 2.45) is 17.6 Å². The number of hydrogen-bond donors (Lipinski definition) is 1. The minimum absolute atomic E-state index is 0.119. The molecule has 0 rings (SSSR count). The molecule has 1 amide bonds. The van der Waals surface area contributed by atoms with Crippen molar-refractivity contribution in [3.05, 3.63) is 0 Å². The van der Waals surface area contributed by atoms with E-state index in [0.717, 1.165) is 32.4 Å². The Kier molecular flexibility index (Phi) is 8.23. The van der Waals surface area contributed by atoms with Crippen LogP contribution < -0.4 is 5.73 Å². The summed E-state index contributed by atoms with van der Waals surface area (Å²) in [6.45, 7) is 12.4. The van der Waals surface area contributed by atoms with Crippen LogP contribution in [-0.2, 0) is 4.79 Å². The Morgan fingerprint density at radius 2 is 1.47 bits per heavy atom.